The topological polar surface area (TPSA) is 64.9 Å². The van der Waals surface area contributed by atoms with Gasteiger partial charge in [0.2, 0.25) is 5.89 Å². The van der Waals surface area contributed by atoms with E-state index in [1.807, 2.05) is 6.92 Å². The summed E-state index contributed by atoms with van der Waals surface area (Å²) in [7, 11) is 0. The smallest absolute Gasteiger partial charge is 0.229 e. The standard InChI is InChI=1S/C13H15ClFN3O/c1-8(4-5-16)13-17-12(18-19-13)6-9-2-3-10(15)7-11(9)14/h2-3,7-8H,4-6,16H2,1H3. The van der Waals surface area contributed by atoms with Crippen LogP contribution in [0.15, 0.2) is 22.7 Å². The summed E-state index contributed by atoms with van der Waals surface area (Å²) in [5.41, 5.74) is 6.25. The molecule has 0 saturated carbocycles. The van der Waals surface area contributed by atoms with Crippen LogP contribution < -0.4 is 5.73 Å². The fraction of sp³-hybridized carbons (Fsp3) is 0.385. The Morgan fingerprint density at radius 1 is 1.47 bits per heavy atom. The van der Waals surface area contributed by atoms with Crippen LogP contribution in [0.3, 0.4) is 0 Å². The van der Waals surface area contributed by atoms with Gasteiger partial charge in [-0.15, -0.1) is 0 Å². The summed E-state index contributed by atoms with van der Waals surface area (Å²) in [6.45, 7) is 2.55. The Balaban J connectivity index is 2.11. The predicted molar refractivity (Wildman–Crippen MR) is 70.6 cm³/mol. The molecule has 6 heteroatoms. The van der Waals surface area contributed by atoms with Crippen LogP contribution in [0.1, 0.15) is 36.5 Å². The Morgan fingerprint density at radius 2 is 2.26 bits per heavy atom. The van der Waals surface area contributed by atoms with Gasteiger partial charge in [0.1, 0.15) is 5.82 Å². The Morgan fingerprint density at radius 3 is 2.95 bits per heavy atom. The second-order valence-corrected chi connectivity index (χ2v) is 4.85. The molecular formula is C13H15ClFN3O. The first-order chi connectivity index (χ1) is 9.10. The number of rotatable bonds is 5. The number of aromatic nitrogens is 2. The molecule has 0 aliphatic carbocycles. The Hall–Kier alpha value is -1.46. The van der Waals surface area contributed by atoms with E-state index in [9.17, 15) is 4.39 Å². The summed E-state index contributed by atoms with van der Waals surface area (Å²) in [6.07, 6.45) is 1.21. The molecule has 4 nitrogen and oxygen atoms in total. The van der Waals surface area contributed by atoms with Crippen molar-refractivity contribution in [2.45, 2.75) is 25.7 Å². The highest BCUT2D eigenvalue weighted by atomic mass is 35.5. The third-order valence-electron chi connectivity index (χ3n) is 2.87. The van der Waals surface area contributed by atoms with Gasteiger partial charge in [0, 0.05) is 17.4 Å². The van der Waals surface area contributed by atoms with E-state index in [2.05, 4.69) is 10.1 Å². The molecule has 0 bridgehead atoms. The molecular weight excluding hydrogens is 269 g/mol. The summed E-state index contributed by atoms with van der Waals surface area (Å²) in [4.78, 5) is 4.30. The second kappa shape index (κ2) is 6.12. The van der Waals surface area contributed by atoms with Crippen LogP contribution in [0.25, 0.3) is 0 Å². The molecule has 2 N–H and O–H groups in total. The van der Waals surface area contributed by atoms with Crippen LogP contribution in [0.4, 0.5) is 4.39 Å². The molecule has 102 valence electrons. The van der Waals surface area contributed by atoms with Crippen molar-refractivity contribution in [2.75, 3.05) is 6.54 Å². The number of nitrogens with two attached hydrogens (primary N) is 1. The number of benzene rings is 1. The van der Waals surface area contributed by atoms with Gasteiger partial charge in [-0.1, -0.05) is 29.7 Å². The maximum atomic E-state index is 12.9. The molecule has 1 heterocycles. The fourth-order valence-corrected chi connectivity index (χ4v) is 1.98. The third kappa shape index (κ3) is 3.52. The molecule has 1 atom stereocenters. The van der Waals surface area contributed by atoms with Gasteiger partial charge < -0.3 is 10.3 Å². The lowest BCUT2D eigenvalue weighted by molar-refractivity contribution is 0.351. The highest BCUT2D eigenvalue weighted by molar-refractivity contribution is 6.31. The van der Waals surface area contributed by atoms with Crippen molar-refractivity contribution in [3.05, 3.63) is 46.3 Å². The summed E-state index contributed by atoms with van der Waals surface area (Å²) in [6, 6.07) is 4.26. The van der Waals surface area contributed by atoms with E-state index in [4.69, 9.17) is 21.9 Å². The summed E-state index contributed by atoms with van der Waals surface area (Å²) in [5.74, 6) is 0.875. The molecule has 0 spiro atoms. The molecule has 0 saturated heterocycles. The van der Waals surface area contributed by atoms with Crippen molar-refractivity contribution in [1.82, 2.24) is 10.1 Å². The molecule has 0 radical (unpaired) electrons. The van der Waals surface area contributed by atoms with E-state index in [1.165, 1.54) is 12.1 Å². The number of hydrogen-bond acceptors (Lipinski definition) is 4. The number of hydrogen-bond donors (Lipinski definition) is 1. The molecule has 0 fully saturated rings. The van der Waals surface area contributed by atoms with Gasteiger partial charge in [0.05, 0.1) is 0 Å². The van der Waals surface area contributed by atoms with Crippen molar-refractivity contribution in [3.8, 4) is 0 Å². The number of nitrogens with zero attached hydrogens (tertiary/aromatic N) is 2. The molecule has 19 heavy (non-hydrogen) atoms. The van der Waals surface area contributed by atoms with Crippen molar-refractivity contribution in [2.24, 2.45) is 5.73 Å². The van der Waals surface area contributed by atoms with Crippen molar-refractivity contribution in [1.29, 1.82) is 0 Å². The monoisotopic (exact) mass is 283 g/mol. The normalized spacial score (nSPS) is 12.6. The van der Waals surface area contributed by atoms with Gasteiger partial charge in [-0.05, 0) is 30.7 Å². The SMILES string of the molecule is CC(CCN)c1nc(Cc2ccc(F)cc2Cl)no1. The van der Waals surface area contributed by atoms with Crippen LogP contribution in [-0.2, 0) is 6.42 Å². The van der Waals surface area contributed by atoms with Gasteiger partial charge >= 0.3 is 0 Å². The van der Waals surface area contributed by atoms with Crippen LogP contribution in [0.2, 0.25) is 5.02 Å². The van der Waals surface area contributed by atoms with E-state index in [-0.39, 0.29) is 11.7 Å². The second-order valence-electron chi connectivity index (χ2n) is 4.44. The van der Waals surface area contributed by atoms with E-state index < -0.39 is 0 Å². The Labute approximate surface area is 115 Å². The average Bonchev–Trinajstić information content (AvgIpc) is 2.82. The van der Waals surface area contributed by atoms with E-state index >= 15 is 0 Å². The van der Waals surface area contributed by atoms with Crippen molar-refractivity contribution < 1.29 is 8.91 Å². The van der Waals surface area contributed by atoms with Crippen LogP contribution in [0, 0.1) is 5.82 Å². The maximum Gasteiger partial charge on any atom is 0.229 e. The van der Waals surface area contributed by atoms with E-state index in [0.29, 0.717) is 29.7 Å². The highest BCUT2D eigenvalue weighted by Gasteiger charge is 2.14. The molecule has 0 amide bonds. The lowest BCUT2D eigenvalue weighted by atomic mass is 10.1. The first-order valence-corrected chi connectivity index (χ1v) is 6.44. The van der Waals surface area contributed by atoms with Gasteiger partial charge in [0.15, 0.2) is 5.82 Å². The molecule has 0 aliphatic rings. The Bertz CT molecular complexity index is 559. The maximum absolute atomic E-state index is 12.9. The van der Waals surface area contributed by atoms with Gasteiger partial charge in [-0.2, -0.15) is 4.98 Å². The molecule has 2 aromatic rings. The molecule has 1 aromatic carbocycles. The summed E-state index contributed by atoms with van der Waals surface area (Å²) in [5, 5.41) is 4.26. The molecule has 1 aromatic heterocycles. The summed E-state index contributed by atoms with van der Waals surface area (Å²) >= 11 is 5.96. The van der Waals surface area contributed by atoms with Crippen molar-refractivity contribution >= 4 is 11.6 Å². The average molecular weight is 284 g/mol. The minimum Gasteiger partial charge on any atom is -0.339 e. The zero-order valence-electron chi connectivity index (χ0n) is 10.6. The molecule has 1 unspecified atom stereocenters. The largest absolute Gasteiger partial charge is 0.339 e. The zero-order chi connectivity index (χ0) is 13.8. The minimum absolute atomic E-state index is 0.134. The fourth-order valence-electron chi connectivity index (χ4n) is 1.75. The van der Waals surface area contributed by atoms with Gasteiger partial charge in [-0.3, -0.25) is 0 Å². The molecule has 0 aliphatic heterocycles. The third-order valence-corrected chi connectivity index (χ3v) is 3.22. The van der Waals surface area contributed by atoms with Crippen LogP contribution >= 0.6 is 11.6 Å². The van der Waals surface area contributed by atoms with Crippen LogP contribution in [0.5, 0.6) is 0 Å². The zero-order valence-corrected chi connectivity index (χ0v) is 11.3. The van der Waals surface area contributed by atoms with Gasteiger partial charge in [-0.25, -0.2) is 4.39 Å². The lowest BCUT2D eigenvalue weighted by Gasteiger charge is -2.02. The Kier molecular flexibility index (Phi) is 4.50. The molecule has 2 rings (SSSR count). The summed E-state index contributed by atoms with van der Waals surface area (Å²) < 4.78 is 18.1. The first kappa shape index (κ1) is 14.0. The minimum atomic E-state index is -0.362. The number of halogens is 2. The lowest BCUT2D eigenvalue weighted by Crippen LogP contribution is -2.04. The highest BCUT2D eigenvalue weighted by Crippen LogP contribution is 2.21. The van der Waals surface area contributed by atoms with Crippen LogP contribution in [-0.4, -0.2) is 16.7 Å². The first-order valence-electron chi connectivity index (χ1n) is 6.06. The van der Waals surface area contributed by atoms with Crippen molar-refractivity contribution in [3.63, 3.8) is 0 Å². The van der Waals surface area contributed by atoms with E-state index in [0.717, 1.165) is 12.0 Å². The quantitative estimate of drug-likeness (QED) is 0.916. The van der Waals surface area contributed by atoms with Gasteiger partial charge in [0.25, 0.3) is 0 Å². The van der Waals surface area contributed by atoms with E-state index in [1.54, 1.807) is 6.07 Å². The predicted octanol–water partition coefficient (Wildman–Crippen LogP) is 2.91.